The SMILES string of the molecule is COc1c(C2CC(C)(C(C)(F)F)OC2C(=O)Nc2ccnc(C(N)=O)c2)ccc(F)c1F. The lowest BCUT2D eigenvalue weighted by Crippen LogP contribution is -2.44. The number of anilines is 1. The van der Waals surface area contributed by atoms with Crippen LogP contribution in [0.2, 0.25) is 0 Å². The number of alkyl halides is 2. The normalized spacial score (nSPS) is 23.1. The van der Waals surface area contributed by atoms with Crippen molar-refractivity contribution in [2.75, 3.05) is 12.4 Å². The Balaban J connectivity index is 2.01. The summed E-state index contributed by atoms with van der Waals surface area (Å²) in [7, 11) is 1.10. The molecule has 0 saturated carbocycles. The number of amides is 2. The van der Waals surface area contributed by atoms with Crippen LogP contribution in [-0.2, 0) is 9.53 Å². The van der Waals surface area contributed by atoms with Crippen LogP contribution < -0.4 is 15.8 Å². The number of nitrogens with two attached hydrogens (primary N) is 1. The lowest BCUT2D eigenvalue weighted by Gasteiger charge is -2.30. The highest BCUT2D eigenvalue weighted by molar-refractivity contribution is 5.97. The number of rotatable bonds is 6. The highest BCUT2D eigenvalue weighted by Crippen LogP contribution is 2.50. The number of pyridine rings is 1. The predicted molar refractivity (Wildman–Crippen MR) is 106 cm³/mol. The van der Waals surface area contributed by atoms with Crippen molar-refractivity contribution < 1.29 is 36.6 Å². The Hall–Kier alpha value is -3.21. The molecule has 1 aliphatic heterocycles. The zero-order chi connectivity index (χ0) is 23.8. The summed E-state index contributed by atoms with van der Waals surface area (Å²) in [5.41, 5.74) is 3.10. The van der Waals surface area contributed by atoms with E-state index < -0.39 is 52.7 Å². The number of carbonyl (C=O) groups is 2. The van der Waals surface area contributed by atoms with Gasteiger partial charge in [0.15, 0.2) is 11.6 Å². The van der Waals surface area contributed by atoms with Crippen LogP contribution in [0.15, 0.2) is 30.5 Å². The lowest BCUT2D eigenvalue weighted by atomic mass is 9.84. The summed E-state index contributed by atoms with van der Waals surface area (Å²) in [4.78, 5) is 28.1. The number of aromatic nitrogens is 1. The van der Waals surface area contributed by atoms with Crippen LogP contribution >= 0.6 is 0 Å². The van der Waals surface area contributed by atoms with Gasteiger partial charge in [-0.3, -0.25) is 14.6 Å². The zero-order valence-electron chi connectivity index (χ0n) is 17.4. The average molecular weight is 455 g/mol. The van der Waals surface area contributed by atoms with Gasteiger partial charge < -0.3 is 20.5 Å². The largest absolute Gasteiger partial charge is 0.493 e. The van der Waals surface area contributed by atoms with Gasteiger partial charge in [-0.2, -0.15) is 4.39 Å². The van der Waals surface area contributed by atoms with Crippen molar-refractivity contribution in [2.45, 2.75) is 43.8 Å². The highest BCUT2D eigenvalue weighted by Gasteiger charge is 2.58. The quantitative estimate of drug-likeness (QED) is 0.650. The smallest absolute Gasteiger partial charge is 0.273 e. The second-order valence-electron chi connectivity index (χ2n) is 7.74. The molecule has 3 N–H and O–H groups in total. The van der Waals surface area contributed by atoms with Crippen LogP contribution in [0, 0.1) is 11.6 Å². The fraction of sp³-hybridized carbons (Fsp3) is 0.381. The van der Waals surface area contributed by atoms with Crippen molar-refractivity contribution in [3.05, 3.63) is 53.4 Å². The third kappa shape index (κ3) is 4.24. The molecule has 0 aliphatic carbocycles. The van der Waals surface area contributed by atoms with Crippen LogP contribution in [0.5, 0.6) is 5.75 Å². The molecule has 32 heavy (non-hydrogen) atoms. The first kappa shape index (κ1) is 23.5. The number of hydrogen-bond donors (Lipinski definition) is 2. The summed E-state index contributed by atoms with van der Waals surface area (Å²) < 4.78 is 67.2. The lowest BCUT2D eigenvalue weighted by molar-refractivity contribution is -0.184. The van der Waals surface area contributed by atoms with Crippen LogP contribution in [0.3, 0.4) is 0 Å². The highest BCUT2D eigenvalue weighted by atomic mass is 19.3. The van der Waals surface area contributed by atoms with Gasteiger partial charge in [0.25, 0.3) is 17.7 Å². The number of ether oxygens (including phenoxy) is 2. The molecule has 172 valence electrons. The summed E-state index contributed by atoms with van der Waals surface area (Å²) >= 11 is 0. The van der Waals surface area contributed by atoms with Crippen molar-refractivity contribution in [1.29, 1.82) is 0 Å². The number of carbonyl (C=O) groups excluding carboxylic acids is 2. The summed E-state index contributed by atoms with van der Waals surface area (Å²) in [5, 5.41) is 2.47. The molecule has 1 aromatic heterocycles. The minimum Gasteiger partial charge on any atom is -0.493 e. The first-order chi connectivity index (χ1) is 14.9. The Bertz CT molecular complexity index is 1060. The predicted octanol–water partition coefficient (Wildman–Crippen LogP) is 3.39. The second kappa shape index (κ2) is 8.38. The molecule has 11 heteroatoms. The maximum Gasteiger partial charge on any atom is 0.273 e. The summed E-state index contributed by atoms with van der Waals surface area (Å²) in [6.07, 6.45) is -0.653. The third-order valence-corrected chi connectivity index (χ3v) is 5.51. The Labute approximate surface area is 180 Å². The standard InChI is InChI=1S/C21H21F4N3O4/c1-20(21(2,24)25)9-12(11-4-5-13(22)15(23)16(11)31-3)17(32-20)19(30)28-10-6-7-27-14(8-10)18(26)29/h4-8,12,17H,9H2,1-3H3,(H2,26,29)(H,27,28,30). The fourth-order valence-corrected chi connectivity index (χ4v) is 3.63. The maximum absolute atomic E-state index is 14.4. The van der Waals surface area contributed by atoms with E-state index in [4.69, 9.17) is 15.2 Å². The van der Waals surface area contributed by atoms with Crippen molar-refractivity contribution in [2.24, 2.45) is 5.73 Å². The Morgan fingerprint density at radius 1 is 1.31 bits per heavy atom. The molecule has 1 fully saturated rings. The molecule has 1 aromatic carbocycles. The fourth-order valence-electron chi connectivity index (χ4n) is 3.63. The molecular weight excluding hydrogens is 434 g/mol. The van der Waals surface area contributed by atoms with E-state index in [2.05, 4.69) is 10.3 Å². The van der Waals surface area contributed by atoms with Crippen molar-refractivity contribution in [3.8, 4) is 5.75 Å². The van der Waals surface area contributed by atoms with Crippen molar-refractivity contribution in [1.82, 2.24) is 4.98 Å². The van der Waals surface area contributed by atoms with E-state index in [0.717, 1.165) is 20.1 Å². The van der Waals surface area contributed by atoms with E-state index in [-0.39, 0.29) is 23.4 Å². The van der Waals surface area contributed by atoms with E-state index in [1.54, 1.807) is 0 Å². The zero-order valence-corrected chi connectivity index (χ0v) is 17.4. The average Bonchev–Trinajstić information content (AvgIpc) is 3.09. The molecule has 0 bridgehead atoms. The number of nitrogens with zero attached hydrogens (tertiary/aromatic N) is 1. The van der Waals surface area contributed by atoms with Gasteiger partial charge in [-0.05, 0) is 31.5 Å². The van der Waals surface area contributed by atoms with E-state index in [9.17, 15) is 27.2 Å². The summed E-state index contributed by atoms with van der Waals surface area (Å²) in [6, 6.07) is 4.56. The topological polar surface area (TPSA) is 104 Å². The van der Waals surface area contributed by atoms with E-state index in [1.165, 1.54) is 24.4 Å². The van der Waals surface area contributed by atoms with Crippen LogP contribution in [0.4, 0.5) is 23.2 Å². The van der Waals surface area contributed by atoms with Gasteiger partial charge in [-0.25, -0.2) is 13.2 Å². The number of nitrogens with one attached hydrogen (secondary N) is 1. The molecule has 3 rings (SSSR count). The molecule has 7 nitrogen and oxygen atoms in total. The van der Waals surface area contributed by atoms with Gasteiger partial charge in [0.2, 0.25) is 5.82 Å². The minimum absolute atomic E-state index is 0.00655. The number of hydrogen-bond acceptors (Lipinski definition) is 5. The molecule has 2 heterocycles. The molecular formula is C21H21F4N3O4. The van der Waals surface area contributed by atoms with Gasteiger partial charge in [0.05, 0.1) is 7.11 Å². The molecule has 2 amide bonds. The molecule has 0 radical (unpaired) electrons. The maximum atomic E-state index is 14.4. The molecule has 3 atom stereocenters. The third-order valence-electron chi connectivity index (χ3n) is 5.51. The van der Waals surface area contributed by atoms with Gasteiger partial charge in [-0.15, -0.1) is 0 Å². The van der Waals surface area contributed by atoms with Crippen LogP contribution in [0.25, 0.3) is 0 Å². The number of methoxy groups -OCH3 is 1. The van der Waals surface area contributed by atoms with Gasteiger partial charge in [-0.1, -0.05) is 6.07 Å². The molecule has 0 spiro atoms. The Morgan fingerprint density at radius 2 is 2.00 bits per heavy atom. The van der Waals surface area contributed by atoms with Gasteiger partial charge in [0.1, 0.15) is 17.4 Å². The first-order valence-electron chi connectivity index (χ1n) is 9.52. The van der Waals surface area contributed by atoms with Gasteiger partial charge in [0, 0.05) is 30.3 Å². The van der Waals surface area contributed by atoms with E-state index in [0.29, 0.717) is 6.92 Å². The first-order valence-corrected chi connectivity index (χ1v) is 9.52. The number of halogens is 4. The van der Waals surface area contributed by atoms with E-state index in [1.807, 2.05) is 0 Å². The second-order valence-corrected chi connectivity index (χ2v) is 7.74. The molecule has 3 unspecified atom stereocenters. The Morgan fingerprint density at radius 3 is 2.59 bits per heavy atom. The van der Waals surface area contributed by atoms with Crippen LogP contribution in [0.1, 0.15) is 42.2 Å². The molecule has 2 aromatic rings. The summed E-state index contributed by atoms with van der Waals surface area (Å²) in [5.74, 6) is -9.11. The molecule has 1 aliphatic rings. The number of benzene rings is 1. The number of primary amides is 1. The van der Waals surface area contributed by atoms with E-state index >= 15 is 0 Å². The van der Waals surface area contributed by atoms with Crippen molar-refractivity contribution >= 4 is 17.5 Å². The van der Waals surface area contributed by atoms with Crippen LogP contribution in [-0.4, -0.2) is 41.5 Å². The Kier molecular flexibility index (Phi) is 6.14. The monoisotopic (exact) mass is 455 g/mol. The minimum atomic E-state index is -3.36. The van der Waals surface area contributed by atoms with Gasteiger partial charge >= 0.3 is 0 Å². The molecule has 1 saturated heterocycles. The summed E-state index contributed by atoms with van der Waals surface area (Å²) in [6.45, 7) is 1.78. The van der Waals surface area contributed by atoms with Crippen molar-refractivity contribution in [3.63, 3.8) is 0 Å².